The van der Waals surface area contributed by atoms with E-state index in [2.05, 4.69) is 10.3 Å². The fraction of sp³-hybridized carbons (Fsp3) is 0.600. The van der Waals surface area contributed by atoms with Crippen molar-refractivity contribution in [1.29, 1.82) is 0 Å². The fourth-order valence-corrected chi connectivity index (χ4v) is 2.75. The SMILES string of the molecule is Nc1ccc(CC(=O)NCC2(CO)CCCCC2)nc1. The molecule has 1 aromatic rings. The molecule has 0 bridgehead atoms. The summed E-state index contributed by atoms with van der Waals surface area (Å²) in [4.78, 5) is 16.0. The number of aliphatic hydroxyl groups is 1. The molecule has 0 saturated heterocycles. The maximum absolute atomic E-state index is 11.9. The quantitative estimate of drug-likeness (QED) is 0.756. The number of nitrogens with two attached hydrogens (primary N) is 1. The van der Waals surface area contributed by atoms with E-state index in [1.54, 1.807) is 18.3 Å². The molecule has 5 heteroatoms. The van der Waals surface area contributed by atoms with Gasteiger partial charge in [-0.05, 0) is 25.0 Å². The molecule has 0 aliphatic heterocycles. The van der Waals surface area contributed by atoms with Gasteiger partial charge >= 0.3 is 0 Å². The minimum absolute atomic E-state index is 0.0549. The number of carbonyl (C=O) groups is 1. The summed E-state index contributed by atoms with van der Waals surface area (Å²) in [5.74, 6) is -0.0549. The van der Waals surface area contributed by atoms with Crippen LogP contribution < -0.4 is 11.1 Å². The number of nitrogens with zero attached hydrogens (tertiary/aromatic N) is 1. The van der Waals surface area contributed by atoms with Crippen molar-refractivity contribution in [3.8, 4) is 0 Å². The van der Waals surface area contributed by atoms with Crippen molar-refractivity contribution in [2.24, 2.45) is 5.41 Å². The lowest BCUT2D eigenvalue weighted by Crippen LogP contribution is -2.41. The Morgan fingerprint density at radius 1 is 1.35 bits per heavy atom. The van der Waals surface area contributed by atoms with Crippen molar-refractivity contribution >= 4 is 11.6 Å². The van der Waals surface area contributed by atoms with E-state index in [0.29, 0.717) is 17.9 Å². The number of aromatic nitrogens is 1. The standard InChI is InChI=1S/C15H23N3O2/c16-12-4-5-13(17-9-12)8-14(20)18-10-15(11-19)6-2-1-3-7-15/h4-5,9,19H,1-3,6-8,10-11,16H2,(H,18,20). The highest BCUT2D eigenvalue weighted by atomic mass is 16.3. The van der Waals surface area contributed by atoms with Crippen molar-refractivity contribution in [2.45, 2.75) is 38.5 Å². The van der Waals surface area contributed by atoms with Crippen LogP contribution >= 0.6 is 0 Å². The van der Waals surface area contributed by atoms with Crippen molar-refractivity contribution in [3.63, 3.8) is 0 Å². The van der Waals surface area contributed by atoms with Crippen LogP contribution in [0, 0.1) is 5.41 Å². The molecule has 0 aromatic carbocycles. The Morgan fingerprint density at radius 2 is 2.10 bits per heavy atom. The molecule has 1 fully saturated rings. The Bertz CT molecular complexity index is 439. The first-order chi connectivity index (χ1) is 9.63. The first-order valence-corrected chi connectivity index (χ1v) is 7.22. The van der Waals surface area contributed by atoms with Crippen LogP contribution in [0.1, 0.15) is 37.8 Å². The normalized spacial score (nSPS) is 17.6. The molecule has 5 nitrogen and oxygen atoms in total. The van der Waals surface area contributed by atoms with E-state index >= 15 is 0 Å². The number of nitrogen functional groups attached to an aromatic ring is 1. The Morgan fingerprint density at radius 3 is 2.70 bits per heavy atom. The van der Waals surface area contributed by atoms with Crippen LogP contribution in [-0.2, 0) is 11.2 Å². The zero-order valence-corrected chi connectivity index (χ0v) is 11.8. The molecular formula is C15H23N3O2. The molecule has 0 spiro atoms. The van der Waals surface area contributed by atoms with Gasteiger partial charge in [-0.3, -0.25) is 9.78 Å². The van der Waals surface area contributed by atoms with Gasteiger partial charge in [0.2, 0.25) is 5.91 Å². The topological polar surface area (TPSA) is 88.2 Å². The lowest BCUT2D eigenvalue weighted by atomic mass is 9.74. The van der Waals surface area contributed by atoms with Crippen molar-refractivity contribution in [2.75, 3.05) is 18.9 Å². The summed E-state index contributed by atoms with van der Waals surface area (Å²) in [5, 5.41) is 12.5. The number of hydrogen-bond donors (Lipinski definition) is 3. The Labute approximate surface area is 119 Å². The molecule has 20 heavy (non-hydrogen) atoms. The summed E-state index contributed by atoms with van der Waals surface area (Å²) in [6.45, 7) is 0.699. The smallest absolute Gasteiger partial charge is 0.226 e. The van der Waals surface area contributed by atoms with Crippen LogP contribution in [0.4, 0.5) is 5.69 Å². The maximum Gasteiger partial charge on any atom is 0.226 e. The minimum Gasteiger partial charge on any atom is -0.397 e. The Kier molecular flexibility index (Phi) is 4.95. The highest BCUT2D eigenvalue weighted by Crippen LogP contribution is 2.35. The summed E-state index contributed by atoms with van der Waals surface area (Å²) >= 11 is 0. The predicted molar refractivity (Wildman–Crippen MR) is 78.0 cm³/mol. The summed E-state index contributed by atoms with van der Waals surface area (Å²) < 4.78 is 0. The maximum atomic E-state index is 11.9. The molecule has 0 atom stereocenters. The van der Waals surface area contributed by atoms with E-state index in [-0.39, 0.29) is 24.3 Å². The zero-order chi connectivity index (χ0) is 14.4. The monoisotopic (exact) mass is 277 g/mol. The zero-order valence-electron chi connectivity index (χ0n) is 11.8. The predicted octanol–water partition coefficient (Wildman–Crippen LogP) is 1.27. The van der Waals surface area contributed by atoms with Gasteiger partial charge in [-0.25, -0.2) is 0 Å². The number of anilines is 1. The van der Waals surface area contributed by atoms with E-state index < -0.39 is 0 Å². The second-order valence-electron chi connectivity index (χ2n) is 5.76. The summed E-state index contributed by atoms with van der Waals surface area (Å²) in [6.07, 6.45) is 7.28. The fourth-order valence-electron chi connectivity index (χ4n) is 2.75. The Hall–Kier alpha value is -1.62. The largest absolute Gasteiger partial charge is 0.397 e. The third-order valence-electron chi connectivity index (χ3n) is 4.10. The molecule has 1 aliphatic rings. The lowest BCUT2D eigenvalue weighted by molar-refractivity contribution is -0.121. The van der Waals surface area contributed by atoms with Gasteiger partial charge in [-0.15, -0.1) is 0 Å². The number of pyridine rings is 1. The number of rotatable bonds is 5. The molecule has 0 radical (unpaired) electrons. The average Bonchev–Trinajstić information content (AvgIpc) is 2.49. The number of carbonyl (C=O) groups excluding carboxylic acids is 1. The number of nitrogens with one attached hydrogen (secondary N) is 1. The Balaban J connectivity index is 1.83. The van der Waals surface area contributed by atoms with Gasteiger partial charge < -0.3 is 16.2 Å². The molecule has 1 aromatic heterocycles. The third kappa shape index (κ3) is 3.93. The van der Waals surface area contributed by atoms with Gasteiger partial charge in [0.05, 0.1) is 24.9 Å². The molecule has 110 valence electrons. The lowest BCUT2D eigenvalue weighted by Gasteiger charge is -2.35. The molecule has 1 aliphatic carbocycles. The van der Waals surface area contributed by atoms with E-state index in [1.165, 1.54) is 6.42 Å². The second-order valence-corrected chi connectivity index (χ2v) is 5.76. The van der Waals surface area contributed by atoms with Crippen LogP contribution in [0.25, 0.3) is 0 Å². The van der Waals surface area contributed by atoms with Gasteiger partial charge in [0, 0.05) is 17.7 Å². The van der Waals surface area contributed by atoms with Crippen LogP contribution in [0.5, 0.6) is 0 Å². The number of amides is 1. The van der Waals surface area contributed by atoms with Crippen LogP contribution in [-0.4, -0.2) is 29.1 Å². The summed E-state index contributed by atoms with van der Waals surface area (Å²) in [5.41, 5.74) is 6.74. The van der Waals surface area contributed by atoms with Gasteiger partial charge in [0.25, 0.3) is 0 Å². The molecule has 1 heterocycles. The van der Waals surface area contributed by atoms with Crippen LogP contribution in [0.3, 0.4) is 0 Å². The second kappa shape index (κ2) is 6.70. The summed E-state index contributed by atoms with van der Waals surface area (Å²) in [6, 6.07) is 3.50. The van der Waals surface area contributed by atoms with Crippen LogP contribution in [0.2, 0.25) is 0 Å². The number of hydrogen-bond acceptors (Lipinski definition) is 4. The first-order valence-electron chi connectivity index (χ1n) is 7.22. The van der Waals surface area contributed by atoms with Gasteiger partial charge in [0.1, 0.15) is 0 Å². The third-order valence-corrected chi connectivity index (χ3v) is 4.10. The van der Waals surface area contributed by atoms with Crippen LogP contribution in [0.15, 0.2) is 18.3 Å². The van der Waals surface area contributed by atoms with E-state index in [1.807, 2.05) is 0 Å². The van der Waals surface area contributed by atoms with E-state index in [4.69, 9.17) is 5.73 Å². The van der Waals surface area contributed by atoms with Crippen molar-refractivity contribution in [3.05, 3.63) is 24.0 Å². The molecule has 1 amide bonds. The van der Waals surface area contributed by atoms with Crippen molar-refractivity contribution in [1.82, 2.24) is 10.3 Å². The van der Waals surface area contributed by atoms with Gasteiger partial charge in [-0.2, -0.15) is 0 Å². The summed E-state index contributed by atoms with van der Waals surface area (Å²) in [7, 11) is 0. The molecular weight excluding hydrogens is 254 g/mol. The molecule has 4 N–H and O–H groups in total. The molecule has 1 saturated carbocycles. The average molecular weight is 277 g/mol. The van der Waals surface area contributed by atoms with E-state index in [0.717, 1.165) is 25.7 Å². The first kappa shape index (κ1) is 14.8. The molecule has 2 rings (SSSR count). The molecule has 0 unspecified atom stereocenters. The highest BCUT2D eigenvalue weighted by Gasteiger charge is 2.31. The van der Waals surface area contributed by atoms with Crippen molar-refractivity contribution < 1.29 is 9.90 Å². The van der Waals surface area contributed by atoms with Gasteiger partial charge in [-0.1, -0.05) is 19.3 Å². The van der Waals surface area contributed by atoms with E-state index in [9.17, 15) is 9.90 Å². The van der Waals surface area contributed by atoms with Gasteiger partial charge in [0.15, 0.2) is 0 Å². The number of aliphatic hydroxyl groups excluding tert-OH is 1. The minimum atomic E-state index is -0.123. The highest BCUT2D eigenvalue weighted by molar-refractivity contribution is 5.78.